The summed E-state index contributed by atoms with van der Waals surface area (Å²) in [5.74, 6) is -0.729. The van der Waals surface area contributed by atoms with Crippen molar-refractivity contribution >= 4 is 69.1 Å². The largest absolute Gasteiger partial charge is 0.495 e. The van der Waals surface area contributed by atoms with E-state index in [9.17, 15) is 18.8 Å². The topological polar surface area (TPSA) is 143 Å². The number of nitrogens with zero attached hydrogens (tertiary/aromatic N) is 5. The molecular formula is C41H43Cl2FN8O5. The lowest BCUT2D eigenvalue weighted by atomic mass is 10.0. The van der Waals surface area contributed by atoms with Gasteiger partial charge in [-0.2, -0.15) is 4.98 Å². The molecule has 13 nitrogen and oxygen atoms in total. The SMILES string of the molecule is COc1cc(OC)c(Cl)c(-c2cc3cnc(Nc4c(C)cc(F)cc4NC(=O)/C=C/CN(C)C)nc3n(Cc3ccc(NC(=O)/C=C/CN(C)C)cc3)c2=O)c1Cl. The van der Waals surface area contributed by atoms with Gasteiger partial charge in [0.05, 0.1) is 47.7 Å². The highest BCUT2D eigenvalue weighted by molar-refractivity contribution is 6.41. The number of hydrogen-bond donors (Lipinski definition) is 3. The summed E-state index contributed by atoms with van der Waals surface area (Å²) in [6.07, 6.45) is 7.80. The lowest BCUT2D eigenvalue weighted by Gasteiger charge is -2.18. The number of pyridine rings is 1. The minimum Gasteiger partial charge on any atom is -0.495 e. The smallest absolute Gasteiger partial charge is 0.260 e. The molecule has 0 bridgehead atoms. The van der Waals surface area contributed by atoms with Crippen molar-refractivity contribution in [2.45, 2.75) is 13.5 Å². The molecule has 2 amide bonds. The molecule has 16 heteroatoms. The van der Waals surface area contributed by atoms with Crippen LogP contribution in [-0.2, 0) is 16.1 Å². The van der Waals surface area contributed by atoms with Gasteiger partial charge in [0.15, 0.2) is 0 Å². The number of carbonyl (C=O) groups is 2. The van der Waals surface area contributed by atoms with Crippen LogP contribution < -0.4 is 31.0 Å². The molecule has 0 aliphatic heterocycles. The van der Waals surface area contributed by atoms with Gasteiger partial charge in [0, 0.05) is 54.1 Å². The minimum absolute atomic E-state index is 0.0309. The molecule has 3 N–H and O–H groups in total. The first-order valence-electron chi connectivity index (χ1n) is 17.6. The highest BCUT2D eigenvalue weighted by atomic mass is 35.5. The number of rotatable bonds is 15. The van der Waals surface area contributed by atoms with Gasteiger partial charge >= 0.3 is 0 Å². The van der Waals surface area contributed by atoms with E-state index < -0.39 is 17.3 Å². The van der Waals surface area contributed by atoms with E-state index in [-0.39, 0.29) is 62.4 Å². The lowest BCUT2D eigenvalue weighted by molar-refractivity contribution is -0.112. The van der Waals surface area contributed by atoms with E-state index in [1.54, 1.807) is 49.4 Å². The van der Waals surface area contributed by atoms with Gasteiger partial charge in [-0.3, -0.25) is 19.0 Å². The molecule has 298 valence electrons. The molecule has 5 aromatic rings. The number of amides is 2. The molecule has 57 heavy (non-hydrogen) atoms. The average molecular weight is 818 g/mol. The Morgan fingerprint density at radius 3 is 2.05 bits per heavy atom. The van der Waals surface area contributed by atoms with Crippen LogP contribution in [0.5, 0.6) is 11.5 Å². The molecule has 0 unspecified atom stereocenters. The number of fused-ring (bicyclic) bond motifs is 1. The van der Waals surface area contributed by atoms with E-state index in [2.05, 4.69) is 20.9 Å². The quantitative estimate of drug-likeness (QED) is 0.0934. The summed E-state index contributed by atoms with van der Waals surface area (Å²) in [5.41, 5.74) is 2.32. The Morgan fingerprint density at radius 1 is 0.877 bits per heavy atom. The van der Waals surface area contributed by atoms with E-state index in [1.165, 1.54) is 55.3 Å². The third-order valence-corrected chi connectivity index (χ3v) is 9.26. The lowest BCUT2D eigenvalue weighted by Crippen LogP contribution is -2.24. The van der Waals surface area contributed by atoms with Gasteiger partial charge < -0.3 is 35.2 Å². The van der Waals surface area contributed by atoms with E-state index in [0.717, 1.165) is 0 Å². The average Bonchev–Trinajstić information content (AvgIpc) is 3.15. The molecule has 5 rings (SSSR count). The van der Waals surface area contributed by atoms with Crippen molar-refractivity contribution in [3.8, 4) is 22.6 Å². The predicted molar refractivity (Wildman–Crippen MR) is 225 cm³/mol. The summed E-state index contributed by atoms with van der Waals surface area (Å²) >= 11 is 13.6. The number of aromatic nitrogens is 3. The van der Waals surface area contributed by atoms with Gasteiger partial charge in [-0.25, -0.2) is 9.37 Å². The summed E-state index contributed by atoms with van der Waals surface area (Å²) in [4.78, 5) is 53.0. The molecule has 0 saturated carbocycles. The van der Waals surface area contributed by atoms with Crippen molar-refractivity contribution in [3.05, 3.63) is 116 Å². The minimum atomic E-state index is -0.552. The van der Waals surface area contributed by atoms with Gasteiger partial charge in [0.1, 0.15) is 23.0 Å². The fourth-order valence-electron chi connectivity index (χ4n) is 5.76. The maximum absolute atomic E-state index is 14.6. The van der Waals surface area contributed by atoms with Crippen LogP contribution in [-0.4, -0.2) is 91.6 Å². The number of anilines is 4. The Balaban J connectivity index is 1.60. The number of aryl methyl sites for hydroxylation is 1. The van der Waals surface area contributed by atoms with Crippen LogP contribution in [0.3, 0.4) is 0 Å². The first kappa shape index (κ1) is 42.3. The summed E-state index contributed by atoms with van der Waals surface area (Å²) < 4.78 is 27.0. The van der Waals surface area contributed by atoms with Crippen molar-refractivity contribution in [2.75, 3.05) is 71.5 Å². The van der Waals surface area contributed by atoms with E-state index in [0.29, 0.717) is 41.0 Å². The zero-order valence-corrected chi connectivity index (χ0v) is 34.0. The highest BCUT2D eigenvalue weighted by Crippen LogP contribution is 2.45. The van der Waals surface area contributed by atoms with E-state index in [4.69, 9.17) is 37.7 Å². The molecule has 2 heterocycles. The number of carbonyl (C=O) groups excluding carboxylic acids is 2. The van der Waals surface area contributed by atoms with Crippen LogP contribution in [0.1, 0.15) is 11.1 Å². The monoisotopic (exact) mass is 816 g/mol. The maximum atomic E-state index is 14.6. The third-order valence-electron chi connectivity index (χ3n) is 8.51. The second-order valence-corrected chi connectivity index (χ2v) is 14.2. The van der Waals surface area contributed by atoms with E-state index in [1.807, 2.05) is 38.0 Å². The zero-order valence-electron chi connectivity index (χ0n) is 32.5. The Kier molecular flexibility index (Phi) is 14.0. The second-order valence-electron chi connectivity index (χ2n) is 13.5. The van der Waals surface area contributed by atoms with Gasteiger partial charge in [0.25, 0.3) is 5.56 Å². The molecule has 0 saturated heterocycles. The normalized spacial score (nSPS) is 11.6. The molecule has 0 aliphatic rings. The van der Waals surface area contributed by atoms with Gasteiger partial charge in [0.2, 0.25) is 17.8 Å². The van der Waals surface area contributed by atoms with E-state index >= 15 is 0 Å². The summed E-state index contributed by atoms with van der Waals surface area (Å²) in [7, 11) is 10.4. The van der Waals surface area contributed by atoms with Crippen LogP contribution >= 0.6 is 23.2 Å². The van der Waals surface area contributed by atoms with Crippen LogP contribution in [0.15, 0.2) is 83.8 Å². The fraction of sp³-hybridized carbons (Fsp3) is 0.244. The Bertz CT molecular complexity index is 2390. The summed E-state index contributed by atoms with van der Waals surface area (Å²) in [5, 5.41) is 9.33. The third kappa shape index (κ3) is 10.5. The number of hydrogen-bond acceptors (Lipinski definition) is 10. The molecule has 0 aliphatic carbocycles. The highest BCUT2D eigenvalue weighted by Gasteiger charge is 2.24. The number of benzene rings is 3. The fourth-order valence-corrected chi connectivity index (χ4v) is 6.47. The molecular weight excluding hydrogens is 774 g/mol. The molecule has 3 aromatic carbocycles. The van der Waals surface area contributed by atoms with Gasteiger partial charge in [-0.05, 0) is 76.6 Å². The number of ether oxygens (including phenoxy) is 2. The maximum Gasteiger partial charge on any atom is 0.260 e. The van der Waals surface area contributed by atoms with Crippen molar-refractivity contribution in [1.29, 1.82) is 0 Å². The van der Waals surface area contributed by atoms with Crippen LogP contribution in [0.2, 0.25) is 10.0 Å². The van der Waals surface area contributed by atoms with Crippen molar-refractivity contribution in [1.82, 2.24) is 24.3 Å². The molecule has 0 fully saturated rings. The number of methoxy groups -OCH3 is 2. The van der Waals surface area contributed by atoms with Crippen LogP contribution in [0, 0.1) is 12.7 Å². The number of nitrogens with one attached hydrogen (secondary N) is 3. The Morgan fingerprint density at radius 2 is 1.47 bits per heavy atom. The summed E-state index contributed by atoms with van der Waals surface area (Å²) in [6, 6.07) is 12.6. The van der Waals surface area contributed by atoms with Crippen molar-refractivity contribution < 1.29 is 23.5 Å². The second kappa shape index (κ2) is 18.9. The van der Waals surface area contributed by atoms with Gasteiger partial charge in [-0.15, -0.1) is 0 Å². The Hall–Kier alpha value is -5.80. The zero-order chi connectivity index (χ0) is 41.4. The molecule has 0 atom stereocenters. The molecule has 2 aromatic heterocycles. The molecule has 0 spiro atoms. The first-order chi connectivity index (χ1) is 27.2. The predicted octanol–water partition coefficient (Wildman–Crippen LogP) is 7.13. The van der Waals surface area contributed by atoms with Gasteiger partial charge in [-0.1, -0.05) is 47.5 Å². The van der Waals surface area contributed by atoms with Crippen LogP contribution in [0.25, 0.3) is 22.2 Å². The van der Waals surface area contributed by atoms with Crippen LogP contribution in [0.4, 0.5) is 27.4 Å². The Labute approximate surface area is 339 Å². The molecule has 0 radical (unpaired) electrons. The standard InChI is InChI=1S/C41H43Cl2FN8O5/c1-24-18-27(44)20-30(47-34(54)11-9-17-51(4)5)38(24)48-41-45-22-26-19-29(35-36(42)31(56-6)21-32(57-7)37(35)43)40(55)52(39(26)49-41)23-25-12-14-28(15-13-25)46-33(53)10-8-16-50(2)3/h8-15,18-22H,16-17,23H2,1-7H3,(H,46,53)(H,47,54)(H,45,48,49)/b10-8+,11-9+. The number of likely N-dealkylation sites (N-methyl/N-ethyl adjacent to an activating group) is 2. The number of halogens is 3. The van der Waals surface area contributed by atoms with Crippen molar-refractivity contribution in [2.24, 2.45) is 0 Å². The van der Waals surface area contributed by atoms with Crippen molar-refractivity contribution in [3.63, 3.8) is 0 Å². The summed E-state index contributed by atoms with van der Waals surface area (Å²) in [6.45, 7) is 2.86. The first-order valence-corrected chi connectivity index (χ1v) is 18.4.